The number of carbonyl (C=O) groups is 2. The molecule has 2 aliphatic rings. The third-order valence-electron chi connectivity index (χ3n) is 5.83. The van der Waals surface area contributed by atoms with Crippen LogP contribution in [0.3, 0.4) is 0 Å². The molecule has 0 saturated carbocycles. The average Bonchev–Trinajstić information content (AvgIpc) is 2.96. The molecule has 0 bridgehead atoms. The molecule has 1 fully saturated rings. The largest absolute Gasteiger partial charge is 0.364 e. The first-order chi connectivity index (χ1) is 13.9. The van der Waals surface area contributed by atoms with Gasteiger partial charge in [0.15, 0.2) is 0 Å². The van der Waals surface area contributed by atoms with Crippen LogP contribution in [0.4, 0.5) is 5.69 Å². The van der Waals surface area contributed by atoms with Gasteiger partial charge in [0.2, 0.25) is 0 Å². The van der Waals surface area contributed by atoms with Crippen molar-refractivity contribution in [2.75, 3.05) is 38.1 Å². The standard InChI is InChI=1S/C23H24ClN3O2/c1-15-5-4-6-19(16(15)2)27-22(28)20(17-7-9-18(24)10-8-17)21(23(27)29)26-13-11-25(3)12-14-26/h4-10H,11-14H2,1-3H3. The molecule has 29 heavy (non-hydrogen) atoms. The Morgan fingerprint density at radius 1 is 0.862 bits per heavy atom. The minimum Gasteiger partial charge on any atom is -0.364 e. The van der Waals surface area contributed by atoms with Gasteiger partial charge in [-0.25, -0.2) is 4.90 Å². The molecule has 4 rings (SSSR count). The molecule has 1 saturated heterocycles. The van der Waals surface area contributed by atoms with Gasteiger partial charge < -0.3 is 9.80 Å². The monoisotopic (exact) mass is 409 g/mol. The third kappa shape index (κ3) is 3.45. The van der Waals surface area contributed by atoms with E-state index < -0.39 is 0 Å². The lowest BCUT2D eigenvalue weighted by Gasteiger charge is -2.34. The fourth-order valence-corrected chi connectivity index (χ4v) is 4.04. The topological polar surface area (TPSA) is 43.9 Å². The molecule has 2 aromatic rings. The number of halogens is 1. The lowest BCUT2D eigenvalue weighted by atomic mass is 10.0. The van der Waals surface area contributed by atoms with Gasteiger partial charge in [0.1, 0.15) is 5.70 Å². The molecule has 0 atom stereocenters. The van der Waals surface area contributed by atoms with Crippen molar-refractivity contribution < 1.29 is 9.59 Å². The van der Waals surface area contributed by atoms with Crippen molar-refractivity contribution in [2.45, 2.75) is 13.8 Å². The van der Waals surface area contributed by atoms with E-state index in [1.165, 1.54) is 4.90 Å². The van der Waals surface area contributed by atoms with E-state index in [4.69, 9.17) is 11.6 Å². The lowest BCUT2D eigenvalue weighted by molar-refractivity contribution is -0.120. The van der Waals surface area contributed by atoms with Gasteiger partial charge in [-0.15, -0.1) is 0 Å². The molecule has 2 heterocycles. The maximum absolute atomic E-state index is 13.6. The maximum Gasteiger partial charge on any atom is 0.282 e. The molecule has 0 aliphatic carbocycles. The van der Waals surface area contributed by atoms with Crippen LogP contribution in [0, 0.1) is 13.8 Å². The Morgan fingerprint density at radius 2 is 1.52 bits per heavy atom. The first-order valence-electron chi connectivity index (χ1n) is 9.77. The molecule has 2 amide bonds. The lowest BCUT2D eigenvalue weighted by Crippen LogP contribution is -2.46. The molecule has 0 N–H and O–H groups in total. The van der Waals surface area contributed by atoms with Gasteiger partial charge in [-0.3, -0.25) is 9.59 Å². The Kier molecular flexibility index (Phi) is 5.19. The second-order valence-electron chi connectivity index (χ2n) is 7.69. The van der Waals surface area contributed by atoms with Crippen LogP contribution in [0.15, 0.2) is 48.2 Å². The van der Waals surface area contributed by atoms with E-state index in [2.05, 4.69) is 16.8 Å². The van der Waals surface area contributed by atoms with Crippen LogP contribution < -0.4 is 4.90 Å². The molecule has 150 valence electrons. The smallest absolute Gasteiger partial charge is 0.282 e. The van der Waals surface area contributed by atoms with Gasteiger partial charge in [-0.1, -0.05) is 35.9 Å². The van der Waals surface area contributed by atoms with Crippen LogP contribution in [0.2, 0.25) is 5.02 Å². The van der Waals surface area contributed by atoms with Crippen molar-refractivity contribution >= 4 is 34.7 Å². The highest BCUT2D eigenvalue weighted by molar-refractivity contribution is 6.45. The van der Waals surface area contributed by atoms with Crippen molar-refractivity contribution in [3.63, 3.8) is 0 Å². The van der Waals surface area contributed by atoms with E-state index in [0.29, 0.717) is 35.1 Å². The van der Waals surface area contributed by atoms with Gasteiger partial charge in [0.05, 0.1) is 11.3 Å². The van der Waals surface area contributed by atoms with Gasteiger partial charge in [0, 0.05) is 31.2 Å². The summed E-state index contributed by atoms with van der Waals surface area (Å²) in [6.45, 7) is 7.05. The van der Waals surface area contributed by atoms with Gasteiger partial charge >= 0.3 is 0 Å². The number of amides is 2. The fraction of sp³-hybridized carbons (Fsp3) is 0.304. The van der Waals surface area contributed by atoms with Crippen molar-refractivity contribution in [3.8, 4) is 0 Å². The number of hydrogen-bond donors (Lipinski definition) is 0. The predicted molar refractivity (Wildman–Crippen MR) is 116 cm³/mol. The summed E-state index contributed by atoms with van der Waals surface area (Å²) in [4.78, 5) is 32.7. The van der Waals surface area contributed by atoms with E-state index in [9.17, 15) is 9.59 Å². The zero-order valence-electron chi connectivity index (χ0n) is 16.9. The summed E-state index contributed by atoms with van der Waals surface area (Å²) in [6, 6.07) is 12.8. The molecule has 0 radical (unpaired) electrons. The van der Waals surface area contributed by atoms with Crippen molar-refractivity contribution in [2.24, 2.45) is 0 Å². The highest BCUT2D eigenvalue weighted by Gasteiger charge is 2.43. The number of rotatable bonds is 3. The molecule has 6 heteroatoms. The predicted octanol–water partition coefficient (Wildman–Crippen LogP) is 3.49. The minimum atomic E-state index is -0.278. The van der Waals surface area contributed by atoms with Crippen LogP contribution >= 0.6 is 11.6 Å². The molecule has 0 aromatic heterocycles. The van der Waals surface area contributed by atoms with Gasteiger partial charge in [-0.05, 0) is 55.8 Å². The summed E-state index contributed by atoms with van der Waals surface area (Å²) < 4.78 is 0. The van der Waals surface area contributed by atoms with E-state index >= 15 is 0 Å². The maximum atomic E-state index is 13.6. The number of aryl methyl sites for hydroxylation is 1. The molecule has 2 aliphatic heterocycles. The Labute approximate surface area is 176 Å². The molecule has 5 nitrogen and oxygen atoms in total. The van der Waals surface area contributed by atoms with Crippen molar-refractivity contribution in [1.82, 2.24) is 9.80 Å². The summed E-state index contributed by atoms with van der Waals surface area (Å²) in [6.07, 6.45) is 0. The molecule has 2 aromatic carbocycles. The fourth-order valence-electron chi connectivity index (χ4n) is 3.91. The number of piperazine rings is 1. The second kappa shape index (κ2) is 7.65. The Balaban J connectivity index is 1.83. The molecular formula is C23H24ClN3O2. The zero-order chi connectivity index (χ0) is 20.7. The summed E-state index contributed by atoms with van der Waals surface area (Å²) in [5, 5.41) is 0.596. The summed E-state index contributed by atoms with van der Waals surface area (Å²) in [5.74, 6) is -0.529. The van der Waals surface area contributed by atoms with Crippen molar-refractivity contribution in [3.05, 3.63) is 69.9 Å². The third-order valence-corrected chi connectivity index (χ3v) is 6.08. The van der Waals surface area contributed by atoms with Crippen LogP contribution in [0.1, 0.15) is 16.7 Å². The first kappa shape index (κ1) is 19.7. The highest BCUT2D eigenvalue weighted by atomic mass is 35.5. The Hall–Kier alpha value is -2.63. The Morgan fingerprint density at radius 3 is 2.17 bits per heavy atom. The number of imide groups is 1. The second-order valence-corrected chi connectivity index (χ2v) is 8.12. The number of anilines is 1. The highest BCUT2D eigenvalue weighted by Crippen LogP contribution is 2.37. The minimum absolute atomic E-state index is 0.252. The summed E-state index contributed by atoms with van der Waals surface area (Å²) in [5.41, 5.74) is 4.29. The van der Waals surface area contributed by atoms with E-state index in [0.717, 1.165) is 29.8 Å². The molecule has 0 unspecified atom stereocenters. The summed E-state index contributed by atoms with van der Waals surface area (Å²) in [7, 11) is 2.07. The number of hydrogen-bond acceptors (Lipinski definition) is 4. The molecular weight excluding hydrogens is 386 g/mol. The quantitative estimate of drug-likeness (QED) is 0.728. The number of nitrogens with zero attached hydrogens (tertiary/aromatic N) is 3. The van der Waals surface area contributed by atoms with Crippen LogP contribution in [0.25, 0.3) is 5.57 Å². The van der Waals surface area contributed by atoms with E-state index in [1.807, 2.05) is 44.2 Å². The SMILES string of the molecule is Cc1cccc(N2C(=O)C(c3ccc(Cl)cc3)=C(N3CCN(C)CC3)C2=O)c1C. The zero-order valence-corrected chi connectivity index (χ0v) is 17.7. The van der Waals surface area contributed by atoms with Gasteiger partial charge in [0.25, 0.3) is 11.8 Å². The van der Waals surface area contributed by atoms with Crippen molar-refractivity contribution in [1.29, 1.82) is 0 Å². The van der Waals surface area contributed by atoms with Crippen LogP contribution in [-0.2, 0) is 9.59 Å². The summed E-state index contributed by atoms with van der Waals surface area (Å²) >= 11 is 6.05. The van der Waals surface area contributed by atoms with E-state index in [1.54, 1.807) is 12.1 Å². The molecule has 0 spiro atoms. The van der Waals surface area contributed by atoms with E-state index in [-0.39, 0.29) is 11.8 Å². The number of benzene rings is 2. The number of carbonyl (C=O) groups excluding carboxylic acids is 2. The average molecular weight is 410 g/mol. The Bertz CT molecular complexity index is 1010. The van der Waals surface area contributed by atoms with Gasteiger partial charge in [-0.2, -0.15) is 0 Å². The van der Waals surface area contributed by atoms with Crippen LogP contribution in [0.5, 0.6) is 0 Å². The number of likely N-dealkylation sites (N-methyl/N-ethyl adjacent to an activating group) is 1. The van der Waals surface area contributed by atoms with Crippen LogP contribution in [-0.4, -0.2) is 54.8 Å². The normalized spacial score (nSPS) is 18.2. The first-order valence-corrected chi connectivity index (χ1v) is 10.1.